The number of anilines is 1. The van der Waals surface area contributed by atoms with E-state index in [-0.39, 0.29) is 36.0 Å². The van der Waals surface area contributed by atoms with Crippen molar-refractivity contribution in [3.63, 3.8) is 0 Å². The van der Waals surface area contributed by atoms with Crippen LogP contribution in [0.2, 0.25) is 0 Å². The summed E-state index contributed by atoms with van der Waals surface area (Å²) in [5.41, 5.74) is 5.10. The number of nitrogens with one attached hydrogen (secondary N) is 1. The molecule has 2 fully saturated rings. The van der Waals surface area contributed by atoms with E-state index >= 15 is 4.39 Å². The number of carboxylic acid groups (broad SMARTS) is 1. The molecule has 0 spiro atoms. The van der Waals surface area contributed by atoms with Crippen LogP contribution in [0.4, 0.5) is 14.5 Å². The Balaban J connectivity index is 1.79. The van der Waals surface area contributed by atoms with Crippen molar-refractivity contribution in [3.8, 4) is 5.75 Å². The lowest BCUT2D eigenvalue weighted by atomic mass is 10.0. The molecule has 0 unspecified atom stereocenters. The summed E-state index contributed by atoms with van der Waals surface area (Å²) in [6.07, 6.45) is 3.86. The van der Waals surface area contributed by atoms with E-state index in [2.05, 4.69) is 5.32 Å². The summed E-state index contributed by atoms with van der Waals surface area (Å²) in [6.45, 7) is 1.68. The fourth-order valence-electron chi connectivity index (χ4n) is 4.46. The molecule has 2 heterocycles. The van der Waals surface area contributed by atoms with E-state index in [4.69, 9.17) is 10.5 Å². The van der Waals surface area contributed by atoms with Gasteiger partial charge in [0.15, 0.2) is 11.6 Å². The number of piperidine rings is 1. The standard InChI is InChI=1S/C24H28F2N4O5/c1-12(27)23(32)28-9-18(26)13-4-3-7-29(10-13)20-17(25)8-15-19(22(20)35-2)30(14-5-6-14)11-16(21(15)31)24(33)34/h8,11-12,14H,3-7,9-10,27H2,1-2H3,(H,28,32)(H,33,34)/b18-13+/t12-/m0/s1. The first-order valence-corrected chi connectivity index (χ1v) is 11.5. The lowest BCUT2D eigenvalue weighted by Crippen LogP contribution is -2.39. The Labute approximate surface area is 200 Å². The van der Waals surface area contributed by atoms with Crippen LogP contribution in [0.3, 0.4) is 0 Å². The van der Waals surface area contributed by atoms with Crippen molar-refractivity contribution < 1.29 is 28.2 Å². The molecule has 1 amide bonds. The summed E-state index contributed by atoms with van der Waals surface area (Å²) in [6, 6.07) is 0.251. The Morgan fingerprint density at radius 3 is 2.69 bits per heavy atom. The maximum Gasteiger partial charge on any atom is 0.341 e. The van der Waals surface area contributed by atoms with Crippen LogP contribution in [0.1, 0.15) is 49.0 Å². The zero-order valence-electron chi connectivity index (χ0n) is 19.6. The van der Waals surface area contributed by atoms with Gasteiger partial charge in [0.2, 0.25) is 11.3 Å². The second-order valence-electron chi connectivity index (χ2n) is 8.99. The van der Waals surface area contributed by atoms with Crippen LogP contribution < -0.4 is 26.1 Å². The Hall–Kier alpha value is -3.47. The summed E-state index contributed by atoms with van der Waals surface area (Å²) < 4.78 is 37.6. The van der Waals surface area contributed by atoms with E-state index in [0.717, 1.165) is 18.9 Å². The van der Waals surface area contributed by atoms with Crippen molar-refractivity contribution >= 4 is 28.5 Å². The second kappa shape index (κ2) is 9.65. The highest BCUT2D eigenvalue weighted by atomic mass is 19.1. The first-order chi connectivity index (χ1) is 16.6. The molecule has 2 aliphatic rings. The van der Waals surface area contributed by atoms with Gasteiger partial charge in [-0.15, -0.1) is 0 Å². The van der Waals surface area contributed by atoms with Gasteiger partial charge in [-0.2, -0.15) is 0 Å². The number of methoxy groups -OCH3 is 1. The van der Waals surface area contributed by atoms with Crippen LogP contribution in [0.15, 0.2) is 28.5 Å². The third kappa shape index (κ3) is 4.72. The summed E-state index contributed by atoms with van der Waals surface area (Å²) in [4.78, 5) is 37.8. The predicted molar refractivity (Wildman–Crippen MR) is 126 cm³/mol. The summed E-state index contributed by atoms with van der Waals surface area (Å²) in [5, 5.41) is 11.8. The molecule has 1 saturated carbocycles. The normalized spacial score (nSPS) is 18.4. The number of pyridine rings is 1. The van der Waals surface area contributed by atoms with Gasteiger partial charge in [-0.1, -0.05) is 0 Å². The number of carbonyl (C=O) groups excluding carboxylic acids is 1. The first kappa shape index (κ1) is 24.6. The number of halogens is 2. The van der Waals surface area contributed by atoms with Crippen LogP contribution in [-0.2, 0) is 4.79 Å². The monoisotopic (exact) mass is 490 g/mol. The lowest BCUT2D eigenvalue weighted by Gasteiger charge is -2.33. The average molecular weight is 491 g/mol. The van der Waals surface area contributed by atoms with E-state index in [9.17, 15) is 23.9 Å². The molecule has 1 aromatic heterocycles. The molecule has 1 saturated heterocycles. The summed E-state index contributed by atoms with van der Waals surface area (Å²) in [5.74, 6) is -3.03. The zero-order valence-corrected chi connectivity index (χ0v) is 19.6. The van der Waals surface area contributed by atoms with Crippen LogP contribution in [-0.4, -0.2) is 54.3 Å². The number of carbonyl (C=O) groups is 2. The van der Waals surface area contributed by atoms with Gasteiger partial charge in [0.1, 0.15) is 17.1 Å². The molecule has 1 aliphatic heterocycles. The molecule has 0 bridgehead atoms. The number of hydrogen-bond acceptors (Lipinski definition) is 6. The summed E-state index contributed by atoms with van der Waals surface area (Å²) >= 11 is 0. The maximum atomic E-state index is 15.5. The van der Waals surface area contributed by atoms with Crippen LogP contribution >= 0.6 is 0 Å². The SMILES string of the molecule is COc1c(N2CCC/C(=C(\F)CNC(=O)[C@H](C)N)C2)c(F)cc2c(=O)c(C(=O)O)cn(C3CC3)c12. The third-order valence-corrected chi connectivity index (χ3v) is 6.39. The molecule has 1 atom stereocenters. The quantitative estimate of drug-likeness (QED) is 0.544. The van der Waals surface area contributed by atoms with Gasteiger partial charge in [-0.05, 0) is 44.2 Å². The zero-order chi connectivity index (χ0) is 25.4. The minimum atomic E-state index is -1.38. The number of aromatic carboxylic acids is 1. The van der Waals surface area contributed by atoms with Gasteiger partial charge in [0.05, 0.1) is 30.6 Å². The Morgan fingerprint density at radius 1 is 1.37 bits per heavy atom. The largest absolute Gasteiger partial charge is 0.492 e. The molecule has 4 N–H and O–H groups in total. The van der Waals surface area contributed by atoms with Crippen molar-refractivity contribution in [2.75, 3.05) is 31.6 Å². The average Bonchev–Trinajstić information content (AvgIpc) is 3.67. The maximum absolute atomic E-state index is 15.5. The van der Waals surface area contributed by atoms with Crippen molar-refractivity contribution in [2.45, 2.75) is 44.7 Å². The minimum absolute atomic E-state index is 0.0220. The minimum Gasteiger partial charge on any atom is -0.492 e. The fourth-order valence-corrected chi connectivity index (χ4v) is 4.46. The number of carboxylic acids is 1. The van der Waals surface area contributed by atoms with E-state index in [1.165, 1.54) is 20.2 Å². The van der Waals surface area contributed by atoms with Crippen LogP contribution in [0.25, 0.3) is 10.9 Å². The van der Waals surface area contributed by atoms with E-state index in [1.54, 1.807) is 9.47 Å². The lowest BCUT2D eigenvalue weighted by molar-refractivity contribution is -0.121. The molecule has 35 heavy (non-hydrogen) atoms. The molecule has 188 valence electrons. The van der Waals surface area contributed by atoms with Crippen molar-refractivity contribution in [1.29, 1.82) is 0 Å². The number of rotatable bonds is 7. The Bertz CT molecular complexity index is 1280. The predicted octanol–water partition coefficient (Wildman–Crippen LogP) is 2.47. The Kier molecular flexibility index (Phi) is 6.79. The van der Waals surface area contributed by atoms with Crippen LogP contribution in [0, 0.1) is 5.82 Å². The molecule has 2 aromatic rings. The molecular weight excluding hydrogens is 462 g/mol. The number of nitrogens with two attached hydrogens (primary N) is 1. The second-order valence-corrected chi connectivity index (χ2v) is 8.99. The van der Waals surface area contributed by atoms with Gasteiger partial charge in [-0.25, -0.2) is 13.6 Å². The third-order valence-electron chi connectivity index (χ3n) is 6.39. The highest BCUT2D eigenvalue weighted by molar-refractivity contribution is 5.97. The fraction of sp³-hybridized carbons (Fsp3) is 0.458. The van der Waals surface area contributed by atoms with Gasteiger partial charge in [0.25, 0.3) is 0 Å². The number of hydrogen-bond donors (Lipinski definition) is 3. The molecule has 1 aliphatic carbocycles. The van der Waals surface area contributed by atoms with Gasteiger partial charge < -0.3 is 30.4 Å². The Morgan fingerprint density at radius 2 is 2.09 bits per heavy atom. The van der Waals surface area contributed by atoms with E-state index < -0.39 is 40.6 Å². The number of ether oxygens (including phenoxy) is 1. The molecule has 1 aromatic carbocycles. The number of aromatic nitrogens is 1. The van der Waals surface area contributed by atoms with E-state index in [1.807, 2.05) is 0 Å². The molecule has 9 nitrogen and oxygen atoms in total. The number of benzene rings is 1. The van der Waals surface area contributed by atoms with Gasteiger partial charge in [-0.3, -0.25) is 9.59 Å². The number of fused-ring (bicyclic) bond motifs is 1. The van der Waals surface area contributed by atoms with Crippen LogP contribution in [0.5, 0.6) is 5.75 Å². The number of amides is 1. The molecule has 0 radical (unpaired) electrons. The highest BCUT2D eigenvalue weighted by Crippen LogP contribution is 2.44. The van der Waals surface area contributed by atoms with Crippen molar-refractivity contribution in [3.05, 3.63) is 45.3 Å². The molecule has 11 heteroatoms. The highest BCUT2D eigenvalue weighted by Gasteiger charge is 2.32. The number of nitrogens with zero attached hydrogens (tertiary/aromatic N) is 2. The van der Waals surface area contributed by atoms with Crippen molar-refractivity contribution in [2.24, 2.45) is 5.73 Å². The van der Waals surface area contributed by atoms with Gasteiger partial charge >= 0.3 is 5.97 Å². The smallest absolute Gasteiger partial charge is 0.341 e. The molecule has 4 rings (SSSR count). The molecular formula is C24H28F2N4O5. The summed E-state index contributed by atoms with van der Waals surface area (Å²) in [7, 11) is 1.36. The van der Waals surface area contributed by atoms with E-state index in [0.29, 0.717) is 30.5 Å². The van der Waals surface area contributed by atoms with Crippen molar-refractivity contribution in [1.82, 2.24) is 9.88 Å². The van der Waals surface area contributed by atoms with Gasteiger partial charge in [0, 0.05) is 25.3 Å². The topological polar surface area (TPSA) is 127 Å². The first-order valence-electron chi connectivity index (χ1n) is 11.5.